The summed E-state index contributed by atoms with van der Waals surface area (Å²) in [6.45, 7) is 0.194. The van der Waals surface area contributed by atoms with E-state index in [2.05, 4.69) is 21.2 Å². The maximum absolute atomic E-state index is 12.9. The van der Waals surface area contributed by atoms with Crippen LogP contribution in [0.5, 0.6) is 0 Å². The quantitative estimate of drug-likeness (QED) is 0.834. The number of alkyl halides is 3. The zero-order chi connectivity index (χ0) is 15.0. The van der Waals surface area contributed by atoms with Crippen LogP contribution in [0, 0.1) is 0 Å². The summed E-state index contributed by atoms with van der Waals surface area (Å²) in [5, 5.41) is 2.49. The minimum Gasteiger partial charge on any atom is -0.350 e. The molecular formula is C13H15BrClF3N2O. The zero-order valence-corrected chi connectivity index (χ0v) is 13.4. The van der Waals surface area contributed by atoms with E-state index in [1.807, 2.05) is 0 Å². The van der Waals surface area contributed by atoms with Crippen molar-refractivity contribution in [3.05, 3.63) is 33.8 Å². The highest BCUT2D eigenvalue weighted by Crippen LogP contribution is 2.34. The highest BCUT2D eigenvalue weighted by Gasteiger charge is 2.37. The molecule has 8 heteroatoms. The van der Waals surface area contributed by atoms with Gasteiger partial charge in [0.25, 0.3) is 5.91 Å². The van der Waals surface area contributed by atoms with E-state index in [-0.39, 0.29) is 29.0 Å². The molecule has 0 radical (unpaired) electrons. The largest absolute Gasteiger partial charge is 0.417 e. The lowest BCUT2D eigenvalue weighted by molar-refractivity contribution is -0.138. The summed E-state index contributed by atoms with van der Waals surface area (Å²) in [7, 11) is 0. The molecule has 0 atom stereocenters. The lowest BCUT2D eigenvalue weighted by atomic mass is 9.78. The van der Waals surface area contributed by atoms with E-state index >= 15 is 0 Å². The fourth-order valence-electron chi connectivity index (χ4n) is 2.11. The zero-order valence-electron chi connectivity index (χ0n) is 11.0. The molecule has 1 aliphatic rings. The first-order valence-corrected chi connectivity index (χ1v) is 6.94. The Morgan fingerprint density at radius 1 is 1.38 bits per heavy atom. The number of rotatable bonds is 3. The molecular weight excluding hydrogens is 373 g/mol. The molecule has 3 nitrogen and oxygen atoms in total. The van der Waals surface area contributed by atoms with Crippen LogP contribution in [0.2, 0.25) is 0 Å². The molecule has 1 saturated carbocycles. The van der Waals surface area contributed by atoms with Crippen LogP contribution < -0.4 is 11.1 Å². The Hall–Kier alpha value is -0.790. The minimum atomic E-state index is -4.58. The third-order valence-corrected chi connectivity index (χ3v) is 3.98. The van der Waals surface area contributed by atoms with Crippen molar-refractivity contribution >= 4 is 34.2 Å². The molecule has 0 bridgehead atoms. The van der Waals surface area contributed by atoms with Crippen molar-refractivity contribution in [3.8, 4) is 0 Å². The molecule has 0 spiro atoms. The van der Waals surface area contributed by atoms with E-state index in [4.69, 9.17) is 5.73 Å². The number of carbonyl (C=O) groups excluding carboxylic acids is 1. The number of halogens is 5. The minimum absolute atomic E-state index is 0. The van der Waals surface area contributed by atoms with Gasteiger partial charge in [-0.2, -0.15) is 13.2 Å². The van der Waals surface area contributed by atoms with Gasteiger partial charge in [0.15, 0.2) is 0 Å². The molecule has 1 aliphatic carbocycles. The van der Waals surface area contributed by atoms with Crippen LogP contribution >= 0.6 is 28.3 Å². The van der Waals surface area contributed by atoms with Crippen molar-refractivity contribution in [1.29, 1.82) is 0 Å². The van der Waals surface area contributed by atoms with E-state index in [1.54, 1.807) is 0 Å². The Balaban J connectivity index is 0.00000220. The van der Waals surface area contributed by atoms with Gasteiger partial charge in [-0.3, -0.25) is 4.79 Å². The smallest absolute Gasteiger partial charge is 0.350 e. The Kier molecular flexibility index (Phi) is 5.69. The van der Waals surface area contributed by atoms with Crippen LogP contribution in [-0.2, 0) is 6.18 Å². The number of amides is 1. The average molecular weight is 388 g/mol. The predicted molar refractivity (Wildman–Crippen MR) is 79.5 cm³/mol. The second kappa shape index (κ2) is 6.54. The van der Waals surface area contributed by atoms with Crippen LogP contribution in [0.15, 0.2) is 22.7 Å². The van der Waals surface area contributed by atoms with Gasteiger partial charge in [0.2, 0.25) is 0 Å². The van der Waals surface area contributed by atoms with Gasteiger partial charge in [-0.15, -0.1) is 12.4 Å². The Bertz CT molecular complexity index is 533. The van der Waals surface area contributed by atoms with Crippen molar-refractivity contribution in [2.24, 2.45) is 5.73 Å². The topological polar surface area (TPSA) is 55.1 Å². The normalized spacial score (nSPS) is 16.6. The van der Waals surface area contributed by atoms with Crippen LogP contribution in [0.3, 0.4) is 0 Å². The van der Waals surface area contributed by atoms with E-state index in [1.165, 1.54) is 6.07 Å². The van der Waals surface area contributed by atoms with Gasteiger partial charge < -0.3 is 11.1 Å². The molecule has 2 rings (SSSR count). The monoisotopic (exact) mass is 386 g/mol. The van der Waals surface area contributed by atoms with E-state index in [9.17, 15) is 18.0 Å². The lowest BCUT2D eigenvalue weighted by Gasteiger charge is -2.38. The van der Waals surface area contributed by atoms with Gasteiger partial charge in [0, 0.05) is 16.6 Å². The van der Waals surface area contributed by atoms with E-state index < -0.39 is 23.2 Å². The van der Waals surface area contributed by atoms with Crippen molar-refractivity contribution in [2.45, 2.75) is 31.0 Å². The van der Waals surface area contributed by atoms with Crippen molar-refractivity contribution in [3.63, 3.8) is 0 Å². The van der Waals surface area contributed by atoms with Crippen LogP contribution in [0.4, 0.5) is 13.2 Å². The fraction of sp³-hybridized carbons (Fsp3) is 0.462. The Morgan fingerprint density at radius 2 is 2.00 bits per heavy atom. The molecule has 3 N–H and O–H groups in total. The van der Waals surface area contributed by atoms with E-state index in [0.29, 0.717) is 0 Å². The number of carbonyl (C=O) groups is 1. The number of nitrogens with two attached hydrogens (primary N) is 1. The van der Waals surface area contributed by atoms with Gasteiger partial charge in [0.05, 0.1) is 11.1 Å². The summed E-state index contributed by atoms with van der Waals surface area (Å²) in [5.41, 5.74) is 4.12. The van der Waals surface area contributed by atoms with Gasteiger partial charge in [-0.1, -0.05) is 15.9 Å². The molecule has 0 aromatic heterocycles. The summed E-state index contributed by atoms with van der Waals surface area (Å²) in [6, 6.07) is 3.47. The van der Waals surface area contributed by atoms with Crippen molar-refractivity contribution < 1.29 is 18.0 Å². The molecule has 118 valence electrons. The second-order valence-electron chi connectivity index (χ2n) is 5.09. The standard InChI is InChI=1S/C13H14BrF3N2O.ClH/c14-8-2-3-9(10(6-8)13(15,16)17)11(20)19-7-12(18)4-1-5-12;/h2-3,6H,1,4-5,7,18H2,(H,19,20);1H. The summed E-state index contributed by atoms with van der Waals surface area (Å²) in [4.78, 5) is 11.9. The number of benzene rings is 1. The van der Waals surface area contributed by atoms with Gasteiger partial charge in [-0.05, 0) is 37.5 Å². The molecule has 1 amide bonds. The summed E-state index contributed by atoms with van der Waals surface area (Å²) < 4.78 is 39.0. The third kappa shape index (κ3) is 4.34. The molecule has 0 unspecified atom stereocenters. The first kappa shape index (κ1) is 18.3. The number of hydrogen-bond acceptors (Lipinski definition) is 2. The Labute approximate surface area is 135 Å². The number of nitrogens with one attached hydrogen (secondary N) is 1. The molecule has 0 aliphatic heterocycles. The van der Waals surface area contributed by atoms with E-state index in [0.717, 1.165) is 31.4 Å². The Morgan fingerprint density at radius 3 is 2.48 bits per heavy atom. The highest BCUT2D eigenvalue weighted by molar-refractivity contribution is 9.10. The average Bonchev–Trinajstić information content (AvgIpc) is 2.32. The predicted octanol–water partition coefficient (Wildman–Crippen LogP) is 3.50. The van der Waals surface area contributed by atoms with Crippen LogP contribution in [0.25, 0.3) is 0 Å². The van der Waals surface area contributed by atoms with Gasteiger partial charge in [0.1, 0.15) is 0 Å². The lowest BCUT2D eigenvalue weighted by Crippen LogP contribution is -2.55. The molecule has 1 aromatic rings. The van der Waals surface area contributed by atoms with Crippen LogP contribution in [-0.4, -0.2) is 18.0 Å². The summed E-state index contributed by atoms with van der Waals surface area (Å²) in [6.07, 6.45) is -2.04. The van der Waals surface area contributed by atoms with Crippen LogP contribution in [0.1, 0.15) is 35.2 Å². The maximum Gasteiger partial charge on any atom is 0.417 e. The second-order valence-corrected chi connectivity index (χ2v) is 6.00. The number of hydrogen-bond donors (Lipinski definition) is 2. The first-order valence-electron chi connectivity index (χ1n) is 6.15. The van der Waals surface area contributed by atoms with Gasteiger partial charge in [-0.25, -0.2) is 0 Å². The summed E-state index contributed by atoms with van der Waals surface area (Å²) >= 11 is 2.98. The molecule has 0 saturated heterocycles. The fourth-order valence-corrected chi connectivity index (χ4v) is 2.47. The van der Waals surface area contributed by atoms with Crippen molar-refractivity contribution in [2.75, 3.05) is 6.54 Å². The summed E-state index contributed by atoms with van der Waals surface area (Å²) in [5.74, 6) is -0.749. The van der Waals surface area contributed by atoms with Crippen molar-refractivity contribution in [1.82, 2.24) is 5.32 Å². The van der Waals surface area contributed by atoms with Gasteiger partial charge >= 0.3 is 6.18 Å². The molecule has 1 aromatic carbocycles. The first-order chi connectivity index (χ1) is 9.21. The highest BCUT2D eigenvalue weighted by atomic mass is 79.9. The molecule has 1 fully saturated rings. The molecule has 0 heterocycles. The maximum atomic E-state index is 12.9. The third-order valence-electron chi connectivity index (χ3n) is 3.48. The molecule has 21 heavy (non-hydrogen) atoms. The SMILES string of the molecule is Cl.NC1(CNC(=O)c2ccc(Br)cc2C(F)(F)F)CCC1.